The molecule has 1 aromatic heterocycles. The third-order valence-corrected chi connectivity index (χ3v) is 4.02. The first-order valence-corrected chi connectivity index (χ1v) is 7.08. The Morgan fingerprint density at radius 1 is 1.38 bits per heavy atom. The number of aromatic nitrogens is 1. The maximum Gasteiger partial charge on any atom is 0.269 e. The van der Waals surface area contributed by atoms with Gasteiger partial charge in [0.2, 0.25) is 0 Å². The van der Waals surface area contributed by atoms with E-state index in [0.29, 0.717) is 5.69 Å². The molecular formula is C16H13N3O5. The summed E-state index contributed by atoms with van der Waals surface area (Å²) in [7, 11) is 1.44. The monoisotopic (exact) mass is 327 g/mol. The van der Waals surface area contributed by atoms with Crippen molar-refractivity contribution in [1.82, 2.24) is 4.98 Å². The molecule has 0 bridgehead atoms. The topological polar surface area (TPSA) is 114 Å². The minimum Gasteiger partial charge on any atom is -0.375 e. The number of ketones is 1. The normalized spacial score (nSPS) is 19.2. The Hall–Kier alpha value is -3.13. The summed E-state index contributed by atoms with van der Waals surface area (Å²) in [4.78, 5) is 40.3. The highest BCUT2D eigenvalue weighted by Gasteiger charge is 2.50. The Morgan fingerprint density at radius 2 is 2.12 bits per heavy atom. The number of nitrogens with zero attached hydrogens (tertiary/aromatic N) is 3. The second-order valence-corrected chi connectivity index (χ2v) is 5.50. The number of Topliss-reactive ketones (excluding diaryl/α,β-unsaturated/α-hetero) is 1. The Morgan fingerprint density at radius 3 is 2.75 bits per heavy atom. The zero-order chi connectivity index (χ0) is 17.5. The maximum absolute atomic E-state index is 12.5. The number of anilines is 1. The molecule has 0 spiro atoms. The lowest BCUT2D eigenvalue weighted by atomic mass is 9.89. The van der Waals surface area contributed by atoms with Crippen LogP contribution in [0.4, 0.5) is 11.4 Å². The number of rotatable bonds is 4. The van der Waals surface area contributed by atoms with E-state index in [2.05, 4.69) is 4.98 Å². The number of pyridine rings is 1. The molecule has 0 saturated carbocycles. The molecule has 0 aliphatic carbocycles. The van der Waals surface area contributed by atoms with E-state index in [1.807, 2.05) is 0 Å². The van der Waals surface area contributed by atoms with Crippen molar-refractivity contribution in [3.05, 3.63) is 64.0 Å². The molecule has 1 aliphatic heterocycles. The van der Waals surface area contributed by atoms with Gasteiger partial charge >= 0.3 is 0 Å². The van der Waals surface area contributed by atoms with Gasteiger partial charge < -0.3 is 10.0 Å². The number of aliphatic hydroxyl groups is 1. The van der Waals surface area contributed by atoms with Gasteiger partial charge in [-0.05, 0) is 18.2 Å². The number of hydrogen-bond donors (Lipinski definition) is 1. The Balaban J connectivity index is 2.04. The van der Waals surface area contributed by atoms with Crippen LogP contribution >= 0.6 is 0 Å². The summed E-state index contributed by atoms with van der Waals surface area (Å²) in [5, 5.41) is 21.8. The van der Waals surface area contributed by atoms with Gasteiger partial charge in [0.15, 0.2) is 11.4 Å². The summed E-state index contributed by atoms with van der Waals surface area (Å²) in [6.07, 6.45) is 0.889. The number of carbonyl (C=O) groups excluding carboxylic acids is 2. The van der Waals surface area contributed by atoms with E-state index in [1.54, 1.807) is 12.1 Å². The van der Waals surface area contributed by atoms with Crippen molar-refractivity contribution in [1.29, 1.82) is 0 Å². The van der Waals surface area contributed by atoms with E-state index >= 15 is 0 Å². The molecule has 0 fully saturated rings. The van der Waals surface area contributed by atoms with Gasteiger partial charge in [-0.2, -0.15) is 0 Å². The fourth-order valence-electron chi connectivity index (χ4n) is 2.78. The standard InChI is InChI=1S/C16H13N3O5/c1-18-13-6-5-10(19(23)24)8-11(13)16(22,15(18)21)9-14(20)12-4-2-3-7-17-12/h2-8,22H,9H2,1H3. The van der Waals surface area contributed by atoms with Gasteiger partial charge in [0.1, 0.15) is 5.69 Å². The number of non-ortho nitro benzene ring substituents is 1. The van der Waals surface area contributed by atoms with Gasteiger partial charge in [0, 0.05) is 30.9 Å². The molecule has 2 heterocycles. The molecule has 3 rings (SSSR count). The number of hydrogen-bond acceptors (Lipinski definition) is 6. The average molecular weight is 327 g/mol. The third-order valence-electron chi connectivity index (χ3n) is 4.02. The van der Waals surface area contributed by atoms with E-state index in [9.17, 15) is 24.8 Å². The van der Waals surface area contributed by atoms with Crippen LogP contribution in [0.25, 0.3) is 0 Å². The number of nitro benzene ring substituents is 1. The second-order valence-electron chi connectivity index (χ2n) is 5.50. The molecule has 8 heteroatoms. The van der Waals surface area contributed by atoms with Crippen LogP contribution in [0.3, 0.4) is 0 Å². The molecule has 8 nitrogen and oxygen atoms in total. The summed E-state index contributed by atoms with van der Waals surface area (Å²) in [5.41, 5.74) is -1.92. The van der Waals surface area contributed by atoms with Crippen LogP contribution in [0.1, 0.15) is 22.5 Å². The zero-order valence-electron chi connectivity index (χ0n) is 12.7. The summed E-state index contributed by atoms with van der Waals surface area (Å²) in [6.45, 7) is 0. The average Bonchev–Trinajstić information content (AvgIpc) is 2.77. The minimum absolute atomic E-state index is 0.0495. The largest absolute Gasteiger partial charge is 0.375 e. The molecule has 122 valence electrons. The van der Waals surface area contributed by atoms with E-state index in [4.69, 9.17) is 0 Å². The van der Waals surface area contributed by atoms with Crippen LogP contribution in [0, 0.1) is 10.1 Å². The van der Waals surface area contributed by atoms with Crippen LogP contribution in [0.15, 0.2) is 42.6 Å². The fourth-order valence-corrected chi connectivity index (χ4v) is 2.78. The van der Waals surface area contributed by atoms with Crippen LogP contribution in [0.5, 0.6) is 0 Å². The lowest BCUT2D eigenvalue weighted by molar-refractivity contribution is -0.385. The van der Waals surface area contributed by atoms with Gasteiger partial charge in [-0.15, -0.1) is 0 Å². The van der Waals surface area contributed by atoms with Crippen LogP contribution in [-0.2, 0) is 10.4 Å². The lowest BCUT2D eigenvalue weighted by Gasteiger charge is -2.20. The van der Waals surface area contributed by atoms with Crippen LogP contribution < -0.4 is 4.90 Å². The predicted octanol–water partition coefficient (Wildman–Crippen LogP) is 1.43. The first kappa shape index (κ1) is 15.8. The molecule has 1 atom stereocenters. The SMILES string of the molecule is CN1C(=O)C(O)(CC(=O)c2ccccn2)c2cc([N+](=O)[O-])ccc21. The highest BCUT2D eigenvalue weighted by molar-refractivity contribution is 6.10. The van der Waals surface area contributed by atoms with E-state index in [1.165, 1.54) is 36.3 Å². The summed E-state index contributed by atoms with van der Waals surface area (Å²) < 4.78 is 0. The molecule has 24 heavy (non-hydrogen) atoms. The first-order chi connectivity index (χ1) is 11.3. The smallest absolute Gasteiger partial charge is 0.269 e. The van der Waals surface area contributed by atoms with E-state index < -0.39 is 28.6 Å². The van der Waals surface area contributed by atoms with Crippen molar-refractivity contribution in [2.45, 2.75) is 12.0 Å². The van der Waals surface area contributed by atoms with Crippen LogP contribution in [-0.4, -0.2) is 33.8 Å². The summed E-state index contributed by atoms with van der Waals surface area (Å²) in [6, 6.07) is 8.49. The molecule has 0 radical (unpaired) electrons. The van der Waals surface area contributed by atoms with Crippen molar-refractivity contribution in [2.75, 3.05) is 11.9 Å². The van der Waals surface area contributed by atoms with E-state index in [-0.39, 0.29) is 16.9 Å². The fraction of sp³-hybridized carbons (Fsp3) is 0.188. The molecule has 1 unspecified atom stereocenters. The third kappa shape index (κ3) is 2.33. The molecule has 0 saturated heterocycles. The van der Waals surface area contributed by atoms with E-state index in [0.717, 1.165) is 6.07 Å². The summed E-state index contributed by atoms with van der Waals surface area (Å²) >= 11 is 0. The van der Waals surface area contributed by atoms with Gasteiger partial charge in [-0.25, -0.2) is 0 Å². The van der Waals surface area contributed by atoms with Gasteiger partial charge in [-0.1, -0.05) is 6.07 Å². The van der Waals surface area contributed by atoms with Gasteiger partial charge in [0.05, 0.1) is 17.0 Å². The molecular weight excluding hydrogens is 314 g/mol. The molecule has 2 aromatic rings. The number of carbonyl (C=O) groups is 2. The molecule has 1 aliphatic rings. The highest BCUT2D eigenvalue weighted by atomic mass is 16.6. The predicted molar refractivity (Wildman–Crippen MR) is 83.6 cm³/mol. The number of amides is 1. The lowest BCUT2D eigenvalue weighted by Crippen LogP contribution is -2.40. The Labute approximate surface area is 136 Å². The number of fused-ring (bicyclic) bond motifs is 1. The summed E-state index contributed by atoms with van der Waals surface area (Å²) in [5.74, 6) is -1.23. The zero-order valence-corrected chi connectivity index (χ0v) is 12.7. The minimum atomic E-state index is -2.15. The highest BCUT2D eigenvalue weighted by Crippen LogP contribution is 2.43. The Bertz CT molecular complexity index is 852. The quantitative estimate of drug-likeness (QED) is 0.516. The van der Waals surface area contributed by atoms with Crippen molar-refractivity contribution in [3.8, 4) is 0 Å². The molecule has 1 amide bonds. The van der Waals surface area contributed by atoms with Crippen molar-refractivity contribution < 1.29 is 19.6 Å². The van der Waals surface area contributed by atoms with Gasteiger partial charge in [0.25, 0.3) is 11.6 Å². The van der Waals surface area contributed by atoms with Crippen molar-refractivity contribution in [3.63, 3.8) is 0 Å². The number of nitro groups is 1. The van der Waals surface area contributed by atoms with Gasteiger partial charge in [-0.3, -0.25) is 24.7 Å². The molecule has 1 aromatic carbocycles. The van der Waals surface area contributed by atoms with Crippen molar-refractivity contribution in [2.24, 2.45) is 0 Å². The first-order valence-electron chi connectivity index (χ1n) is 7.08. The second kappa shape index (κ2) is 5.50. The van der Waals surface area contributed by atoms with Crippen LogP contribution in [0.2, 0.25) is 0 Å². The molecule has 1 N–H and O–H groups in total. The van der Waals surface area contributed by atoms with Crippen molar-refractivity contribution >= 4 is 23.1 Å². The maximum atomic E-state index is 12.5. The Kier molecular flexibility index (Phi) is 3.61. The number of likely N-dealkylation sites (N-methyl/N-ethyl adjacent to an activating group) is 1. The number of benzene rings is 1.